The second-order valence-electron chi connectivity index (χ2n) is 8.57. The molecule has 13 heteroatoms. The van der Waals surface area contributed by atoms with Crippen molar-refractivity contribution >= 4 is 5.97 Å². The predicted octanol–water partition coefficient (Wildman–Crippen LogP) is -3.35. The van der Waals surface area contributed by atoms with Gasteiger partial charge >= 0.3 is 5.97 Å². The van der Waals surface area contributed by atoms with E-state index in [1.807, 2.05) is 6.92 Å². The van der Waals surface area contributed by atoms with Crippen molar-refractivity contribution in [1.82, 2.24) is 0 Å². The lowest BCUT2D eigenvalue weighted by molar-refractivity contribution is -0.445. The molecule has 2 aliphatic heterocycles. The minimum atomic E-state index is -2.72. The molecule has 2 rings (SSSR count). The van der Waals surface area contributed by atoms with Crippen LogP contribution in [0, 0.1) is 5.92 Å². The largest absolute Gasteiger partial charge is 0.481 e. The van der Waals surface area contributed by atoms with E-state index in [9.17, 15) is 50.8 Å². The normalized spacial score (nSPS) is 42.4. The smallest absolute Gasteiger partial charge is 0.312 e. The summed E-state index contributed by atoms with van der Waals surface area (Å²) < 4.78 is 16.6. The number of aliphatic hydroxyl groups excluding tert-OH is 8. The van der Waals surface area contributed by atoms with E-state index in [2.05, 4.69) is 0 Å². The van der Waals surface area contributed by atoms with Crippen molar-refractivity contribution in [3.8, 4) is 0 Å². The molecule has 0 amide bonds. The molecule has 0 spiro atoms. The lowest BCUT2D eigenvalue weighted by Crippen LogP contribution is -2.72. The van der Waals surface area contributed by atoms with Crippen molar-refractivity contribution in [2.24, 2.45) is 5.92 Å². The van der Waals surface area contributed by atoms with Gasteiger partial charge in [0.15, 0.2) is 0 Å². The molecule has 194 valence electrons. The van der Waals surface area contributed by atoms with Gasteiger partial charge in [0.25, 0.3) is 0 Å². The first-order valence-corrected chi connectivity index (χ1v) is 11.1. The van der Waals surface area contributed by atoms with E-state index in [-0.39, 0.29) is 6.42 Å². The molecule has 2 heterocycles. The number of aliphatic carboxylic acids is 1. The van der Waals surface area contributed by atoms with Crippen LogP contribution in [0.25, 0.3) is 0 Å². The zero-order valence-electron chi connectivity index (χ0n) is 18.4. The van der Waals surface area contributed by atoms with Crippen LogP contribution < -0.4 is 0 Å². The highest BCUT2D eigenvalue weighted by Crippen LogP contribution is 2.45. The summed E-state index contributed by atoms with van der Waals surface area (Å²) in [5.41, 5.74) is 0. The molecule has 2 fully saturated rings. The Bertz CT molecular complexity index is 633. The monoisotopic (exact) mass is 484 g/mol. The fourth-order valence-electron chi connectivity index (χ4n) is 4.40. The van der Waals surface area contributed by atoms with Gasteiger partial charge in [0.05, 0.1) is 13.2 Å². The van der Waals surface area contributed by atoms with Crippen LogP contribution in [0.1, 0.15) is 39.0 Å². The van der Waals surface area contributed by atoms with Crippen LogP contribution in [0.5, 0.6) is 0 Å². The molecule has 0 saturated carbocycles. The molecular weight excluding hydrogens is 448 g/mol. The molecular formula is C20H36O13. The number of rotatable bonds is 12. The first kappa shape index (κ1) is 28.3. The van der Waals surface area contributed by atoms with Crippen molar-refractivity contribution in [2.45, 2.75) is 93.3 Å². The topological polar surface area (TPSA) is 227 Å². The van der Waals surface area contributed by atoms with Crippen LogP contribution >= 0.6 is 0 Å². The third kappa shape index (κ3) is 5.33. The standard InChI is InChI=1S/C20H36O13/c1-2-3-4-5-6-10(18(29)30)20(17(28)15(26)13(24)11(7-21)32-20)33-19(9-23)16(27)14(25)12(8-22)31-19/h10-17,21-28H,2-9H2,1H3,(H,29,30)/t10?,11-,12-,13-,14-,15+,16+,17-,19?,20+/m1/s1. The number of aliphatic hydroxyl groups is 8. The Hall–Kier alpha value is -0.970. The molecule has 0 aromatic heterocycles. The molecule has 2 unspecified atom stereocenters. The van der Waals surface area contributed by atoms with Crippen molar-refractivity contribution in [3.63, 3.8) is 0 Å². The SMILES string of the molecule is CCCCCCC(C(=O)O)[C@@]1(OC2(CO)O[C@H](CO)[C@@H](O)[C@@H]2O)O[C@H](CO)[C@@H](O)[C@H](O)[C@H]1O. The van der Waals surface area contributed by atoms with Gasteiger partial charge in [-0.05, 0) is 6.42 Å². The first-order valence-electron chi connectivity index (χ1n) is 11.1. The number of carboxylic acid groups (broad SMARTS) is 1. The highest BCUT2D eigenvalue weighted by Gasteiger charge is 2.66. The lowest BCUT2D eigenvalue weighted by atomic mass is 9.81. The highest BCUT2D eigenvalue weighted by molar-refractivity contribution is 5.71. The molecule has 2 saturated heterocycles. The third-order valence-electron chi connectivity index (χ3n) is 6.35. The third-order valence-corrected chi connectivity index (χ3v) is 6.35. The average Bonchev–Trinajstić information content (AvgIpc) is 3.04. The van der Waals surface area contributed by atoms with E-state index in [1.165, 1.54) is 0 Å². The summed E-state index contributed by atoms with van der Waals surface area (Å²) >= 11 is 0. The van der Waals surface area contributed by atoms with Gasteiger partial charge in [0.2, 0.25) is 11.6 Å². The molecule has 9 N–H and O–H groups in total. The van der Waals surface area contributed by atoms with Gasteiger partial charge in [-0.15, -0.1) is 0 Å². The van der Waals surface area contributed by atoms with Gasteiger partial charge < -0.3 is 60.2 Å². The fourth-order valence-corrected chi connectivity index (χ4v) is 4.40. The van der Waals surface area contributed by atoms with E-state index >= 15 is 0 Å². The van der Waals surface area contributed by atoms with Crippen LogP contribution in [-0.4, -0.2) is 126 Å². The Balaban J connectivity index is 2.55. The van der Waals surface area contributed by atoms with Crippen LogP contribution in [0.4, 0.5) is 0 Å². The Kier molecular flexibility index (Phi) is 9.97. The van der Waals surface area contributed by atoms with Crippen LogP contribution in [0.15, 0.2) is 0 Å². The molecule has 0 aromatic rings. The number of ether oxygens (including phenoxy) is 3. The maximum Gasteiger partial charge on any atom is 0.312 e. The second kappa shape index (κ2) is 11.6. The average molecular weight is 484 g/mol. The minimum absolute atomic E-state index is 0.142. The summed E-state index contributed by atoms with van der Waals surface area (Å²) in [5.74, 6) is -8.53. The maximum atomic E-state index is 12.3. The Morgan fingerprint density at radius 3 is 1.97 bits per heavy atom. The van der Waals surface area contributed by atoms with Gasteiger partial charge in [-0.2, -0.15) is 0 Å². The van der Waals surface area contributed by atoms with E-state index in [0.29, 0.717) is 12.8 Å². The summed E-state index contributed by atoms with van der Waals surface area (Å²) in [6, 6.07) is 0. The van der Waals surface area contributed by atoms with Gasteiger partial charge in [0, 0.05) is 0 Å². The van der Waals surface area contributed by atoms with E-state index < -0.39 is 86.0 Å². The summed E-state index contributed by atoms with van der Waals surface area (Å²) in [6.07, 6.45) is -10.4. The zero-order valence-corrected chi connectivity index (χ0v) is 18.4. The molecule has 0 radical (unpaired) electrons. The van der Waals surface area contributed by atoms with E-state index in [1.54, 1.807) is 0 Å². The molecule has 0 aromatic carbocycles. The van der Waals surface area contributed by atoms with Crippen molar-refractivity contribution < 1.29 is 65.0 Å². The van der Waals surface area contributed by atoms with Crippen LogP contribution in [0.2, 0.25) is 0 Å². The molecule has 13 nitrogen and oxygen atoms in total. The zero-order chi connectivity index (χ0) is 25.0. The van der Waals surface area contributed by atoms with Crippen molar-refractivity contribution in [2.75, 3.05) is 19.8 Å². The Labute approximate surface area is 190 Å². The predicted molar refractivity (Wildman–Crippen MR) is 107 cm³/mol. The first-order chi connectivity index (χ1) is 15.5. The van der Waals surface area contributed by atoms with Crippen LogP contribution in [0.3, 0.4) is 0 Å². The quantitative estimate of drug-likeness (QED) is 0.124. The maximum absolute atomic E-state index is 12.3. The van der Waals surface area contributed by atoms with Gasteiger partial charge in [0.1, 0.15) is 55.3 Å². The number of hydrogen-bond donors (Lipinski definition) is 9. The van der Waals surface area contributed by atoms with E-state index in [0.717, 1.165) is 12.8 Å². The summed E-state index contributed by atoms with van der Waals surface area (Å²) in [5, 5.41) is 91.3. The van der Waals surface area contributed by atoms with Gasteiger partial charge in [-0.1, -0.05) is 32.6 Å². The molecule has 0 bridgehead atoms. The Morgan fingerprint density at radius 2 is 1.48 bits per heavy atom. The van der Waals surface area contributed by atoms with Crippen molar-refractivity contribution in [1.29, 1.82) is 0 Å². The second-order valence-corrected chi connectivity index (χ2v) is 8.57. The fraction of sp³-hybridized carbons (Fsp3) is 0.950. The minimum Gasteiger partial charge on any atom is -0.481 e. The molecule has 10 atom stereocenters. The number of carbonyl (C=O) groups is 1. The highest BCUT2D eigenvalue weighted by atomic mass is 16.8. The molecule has 0 aliphatic carbocycles. The molecule has 33 heavy (non-hydrogen) atoms. The lowest BCUT2D eigenvalue weighted by Gasteiger charge is -2.53. The summed E-state index contributed by atoms with van der Waals surface area (Å²) in [7, 11) is 0. The van der Waals surface area contributed by atoms with Crippen molar-refractivity contribution in [3.05, 3.63) is 0 Å². The van der Waals surface area contributed by atoms with Gasteiger partial charge in [-0.25, -0.2) is 0 Å². The van der Waals surface area contributed by atoms with Crippen LogP contribution in [-0.2, 0) is 19.0 Å². The van der Waals surface area contributed by atoms with Gasteiger partial charge in [-0.3, -0.25) is 4.79 Å². The Morgan fingerprint density at radius 1 is 0.879 bits per heavy atom. The summed E-state index contributed by atoms with van der Waals surface area (Å²) in [4.78, 5) is 12.3. The number of hydrogen-bond acceptors (Lipinski definition) is 12. The summed E-state index contributed by atoms with van der Waals surface area (Å²) in [6.45, 7) is -0.900. The van der Waals surface area contributed by atoms with E-state index in [4.69, 9.17) is 14.2 Å². The molecule has 2 aliphatic rings. The number of unbranched alkanes of at least 4 members (excludes halogenated alkanes) is 3. The number of carboxylic acids is 1.